The average molecular weight is 453 g/mol. The molecule has 2 amide bonds. The minimum absolute atomic E-state index is 0.0492. The van der Waals surface area contributed by atoms with Crippen LogP contribution >= 0.6 is 0 Å². The second kappa shape index (κ2) is 9.82. The highest BCUT2D eigenvalue weighted by atomic mass is 32.2. The maximum atomic E-state index is 12.8. The van der Waals surface area contributed by atoms with Crippen LogP contribution in [0.1, 0.15) is 38.3 Å². The minimum Gasteiger partial charge on any atom is -0.334 e. The number of urea groups is 1. The van der Waals surface area contributed by atoms with Crippen LogP contribution in [0.2, 0.25) is 0 Å². The number of hydrogen-bond donors (Lipinski definition) is 3. The molecule has 8 heteroatoms. The molecule has 7 nitrogen and oxygen atoms in total. The molecule has 2 aromatic carbocycles. The van der Waals surface area contributed by atoms with Crippen molar-refractivity contribution in [1.82, 2.24) is 10.3 Å². The Kier molecular flexibility index (Phi) is 7.15. The lowest BCUT2D eigenvalue weighted by atomic mass is 9.82. The number of sulfonamides is 1. The Labute approximate surface area is 189 Å². The Morgan fingerprint density at radius 3 is 2.41 bits per heavy atom. The molecule has 1 aromatic heterocycles. The molecule has 0 fully saturated rings. The fourth-order valence-electron chi connectivity index (χ4n) is 3.00. The summed E-state index contributed by atoms with van der Waals surface area (Å²) in [5, 5.41) is 5.41. The summed E-state index contributed by atoms with van der Waals surface area (Å²) >= 11 is 0. The summed E-state index contributed by atoms with van der Waals surface area (Å²) in [6, 6.07) is 16.7. The van der Waals surface area contributed by atoms with Gasteiger partial charge in [-0.1, -0.05) is 39.0 Å². The maximum absolute atomic E-state index is 12.8. The van der Waals surface area contributed by atoms with E-state index >= 15 is 0 Å². The van der Waals surface area contributed by atoms with Gasteiger partial charge < -0.3 is 10.6 Å². The van der Waals surface area contributed by atoms with E-state index in [9.17, 15) is 13.2 Å². The summed E-state index contributed by atoms with van der Waals surface area (Å²) in [6.07, 6.45) is 4.27. The van der Waals surface area contributed by atoms with Crippen molar-refractivity contribution < 1.29 is 13.2 Å². The number of nitrogens with zero attached hydrogens (tertiary/aromatic N) is 1. The van der Waals surface area contributed by atoms with Gasteiger partial charge in [0.25, 0.3) is 10.0 Å². The lowest BCUT2D eigenvalue weighted by Crippen LogP contribution is -2.28. The largest absolute Gasteiger partial charge is 0.334 e. The minimum atomic E-state index is -3.76. The van der Waals surface area contributed by atoms with Crippen LogP contribution in [0.15, 0.2) is 78.0 Å². The molecule has 0 bridgehead atoms. The summed E-state index contributed by atoms with van der Waals surface area (Å²) in [4.78, 5) is 16.2. The average Bonchev–Trinajstić information content (AvgIpc) is 2.78. The molecule has 32 heavy (non-hydrogen) atoms. The molecule has 0 unspecified atom stereocenters. The van der Waals surface area contributed by atoms with Crippen molar-refractivity contribution in [3.8, 4) is 0 Å². The predicted octanol–water partition coefficient (Wildman–Crippen LogP) is 4.89. The van der Waals surface area contributed by atoms with Gasteiger partial charge in [-0.2, -0.15) is 0 Å². The highest BCUT2D eigenvalue weighted by Crippen LogP contribution is 2.29. The van der Waals surface area contributed by atoms with Crippen LogP contribution in [0.4, 0.5) is 16.2 Å². The third kappa shape index (κ3) is 6.07. The quantitative estimate of drug-likeness (QED) is 0.453. The first kappa shape index (κ1) is 23.3. The van der Waals surface area contributed by atoms with E-state index in [4.69, 9.17) is 0 Å². The molecule has 1 heterocycles. The highest BCUT2D eigenvalue weighted by molar-refractivity contribution is 7.92. The van der Waals surface area contributed by atoms with Gasteiger partial charge in [-0.15, -0.1) is 0 Å². The zero-order valence-electron chi connectivity index (χ0n) is 18.4. The number of hydrogen-bond acceptors (Lipinski definition) is 4. The third-order valence-electron chi connectivity index (χ3n) is 5.38. The van der Waals surface area contributed by atoms with Crippen molar-refractivity contribution in [2.75, 3.05) is 10.0 Å². The molecule has 0 radical (unpaired) electrons. The smallest absolute Gasteiger partial charge is 0.319 e. The van der Waals surface area contributed by atoms with Crippen LogP contribution in [-0.4, -0.2) is 19.4 Å². The Bertz CT molecular complexity index is 1160. The summed E-state index contributed by atoms with van der Waals surface area (Å²) in [7, 11) is -3.76. The number of pyridine rings is 1. The van der Waals surface area contributed by atoms with Gasteiger partial charge in [0, 0.05) is 30.3 Å². The van der Waals surface area contributed by atoms with Gasteiger partial charge >= 0.3 is 6.03 Å². The van der Waals surface area contributed by atoms with Crippen molar-refractivity contribution in [1.29, 1.82) is 0 Å². The molecular weight excluding hydrogens is 424 g/mol. The predicted molar refractivity (Wildman–Crippen MR) is 127 cm³/mol. The van der Waals surface area contributed by atoms with E-state index in [1.807, 2.05) is 24.3 Å². The fourth-order valence-corrected chi connectivity index (χ4v) is 4.05. The summed E-state index contributed by atoms with van der Waals surface area (Å²) in [5.74, 6) is 0. The summed E-state index contributed by atoms with van der Waals surface area (Å²) < 4.78 is 28.3. The molecule has 3 aromatic rings. The molecule has 3 N–H and O–H groups in total. The van der Waals surface area contributed by atoms with Crippen molar-refractivity contribution >= 4 is 27.4 Å². The number of carbonyl (C=O) groups is 1. The van der Waals surface area contributed by atoms with Crippen molar-refractivity contribution in [2.24, 2.45) is 0 Å². The van der Waals surface area contributed by atoms with Crippen LogP contribution in [-0.2, 0) is 22.0 Å². The maximum Gasteiger partial charge on any atom is 0.319 e. The Balaban J connectivity index is 1.63. The van der Waals surface area contributed by atoms with Gasteiger partial charge in [-0.3, -0.25) is 9.71 Å². The number of amides is 2. The first-order valence-corrected chi connectivity index (χ1v) is 11.8. The number of benzene rings is 2. The van der Waals surface area contributed by atoms with E-state index < -0.39 is 16.1 Å². The van der Waals surface area contributed by atoms with Crippen LogP contribution in [0.3, 0.4) is 0 Å². The van der Waals surface area contributed by atoms with Crippen LogP contribution < -0.4 is 15.4 Å². The topological polar surface area (TPSA) is 100 Å². The monoisotopic (exact) mass is 452 g/mol. The first-order valence-electron chi connectivity index (χ1n) is 10.4. The van der Waals surface area contributed by atoms with Gasteiger partial charge in [0.15, 0.2) is 0 Å². The van der Waals surface area contributed by atoms with Gasteiger partial charge in [0.05, 0.1) is 4.90 Å². The van der Waals surface area contributed by atoms with E-state index in [0.29, 0.717) is 17.9 Å². The van der Waals surface area contributed by atoms with E-state index in [2.05, 4.69) is 41.1 Å². The number of rotatable bonds is 8. The van der Waals surface area contributed by atoms with E-state index in [-0.39, 0.29) is 10.3 Å². The second-order valence-corrected chi connectivity index (χ2v) is 9.80. The molecule has 0 spiro atoms. The highest BCUT2D eigenvalue weighted by Gasteiger charge is 2.20. The number of anilines is 2. The Morgan fingerprint density at radius 1 is 1.00 bits per heavy atom. The third-order valence-corrected chi connectivity index (χ3v) is 6.78. The zero-order valence-corrected chi connectivity index (χ0v) is 19.2. The molecule has 0 aliphatic carbocycles. The SMILES string of the molecule is CCC(C)(C)c1cccc(NS(=O)(=O)c2ccc(NC(=O)NCc3cccnc3)cc2)c1. The van der Waals surface area contributed by atoms with E-state index in [1.165, 1.54) is 12.1 Å². The normalized spacial score (nSPS) is 11.6. The van der Waals surface area contributed by atoms with Gasteiger partial charge in [0.1, 0.15) is 0 Å². The molecular formula is C24H28N4O3S. The van der Waals surface area contributed by atoms with Crippen molar-refractivity contribution in [3.05, 3.63) is 84.2 Å². The molecule has 168 valence electrons. The van der Waals surface area contributed by atoms with Crippen LogP contribution in [0, 0.1) is 0 Å². The van der Waals surface area contributed by atoms with Gasteiger partial charge in [0.2, 0.25) is 0 Å². The van der Waals surface area contributed by atoms with Gasteiger partial charge in [-0.25, -0.2) is 13.2 Å². The molecule has 3 rings (SSSR count). The Morgan fingerprint density at radius 2 is 1.75 bits per heavy atom. The second-order valence-electron chi connectivity index (χ2n) is 8.12. The van der Waals surface area contributed by atoms with E-state index in [1.54, 1.807) is 36.7 Å². The molecule has 0 atom stereocenters. The number of carbonyl (C=O) groups excluding carboxylic acids is 1. The fraction of sp³-hybridized carbons (Fsp3) is 0.250. The summed E-state index contributed by atoms with van der Waals surface area (Å²) in [6.45, 7) is 6.69. The van der Waals surface area contributed by atoms with Gasteiger partial charge in [-0.05, 0) is 65.4 Å². The Hall–Kier alpha value is -3.39. The lowest BCUT2D eigenvalue weighted by Gasteiger charge is -2.24. The van der Waals surface area contributed by atoms with E-state index in [0.717, 1.165) is 17.5 Å². The van der Waals surface area contributed by atoms with Crippen molar-refractivity contribution in [2.45, 2.75) is 44.0 Å². The van der Waals surface area contributed by atoms with Crippen LogP contribution in [0.5, 0.6) is 0 Å². The molecule has 0 saturated carbocycles. The van der Waals surface area contributed by atoms with Crippen molar-refractivity contribution in [3.63, 3.8) is 0 Å². The van der Waals surface area contributed by atoms with Crippen LogP contribution in [0.25, 0.3) is 0 Å². The molecule has 0 aliphatic rings. The first-order chi connectivity index (χ1) is 15.2. The summed E-state index contributed by atoms with van der Waals surface area (Å²) in [5.41, 5.74) is 2.89. The standard InChI is InChI=1S/C24H28N4O3S/c1-4-24(2,3)19-8-5-9-21(15-19)28-32(30,31)22-12-10-20(11-13-22)27-23(29)26-17-18-7-6-14-25-16-18/h5-16,28H,4,17H2,1-3H3,(H2,26,27,29). The lowest BCUT2D eigenvalue weighted by molar-refractivity contribution is 0.251. The number of aromatic nitrogens is 1. The number of nitrogens with one attached hydrogen (secondary N) is 3. The molecule has 0 saturated heterocycles. The molecule has 0 aliphatic heterocycles. The zero-order chi connectivity index (χ0) is 23.2.